The van der Waals surface area contributed by atoms with Gasteiger partial charge in [0.15, 0.2) is 6.29 Å². The molecule has 2 aliphatic rings. The van der Waals surface area contributed by atoms with Crippen LogP contribution in [-0.2, 0) is 19.0 Å². The molecule has 0 aromatic rings. The van der Waals surface area contributed by atoms with Gasteiger partial charge in [-0.15, -0.1) is 0 Å². The number of hydrogen-bond donors (Lipinski definition) is 1. The third-order valence-electron chi connectivity index (χ3n) is 4.16. The Labute approximate surface area is 136 Å². The molecule has 2 rings (SSSR count). The van der Waals surface area contributed by atoms with E-state index in [2.05, 4.69) is 0 Å². The molecule has 7 heteroatoms. The molecule has 0 aromatic carbocycles. The summed E-state index contributed by atoms with van der Waals surface area (Å²) in [6.45, 7) is 7.64. The smallest absolute Gasteiger partial charge is 0.411 e. The predicted molar refractivity (Wildman–Crippen MR) is 82.1 cm³/mol. The highest BCUT2D eigenvalue weighted by molar-refractivity contribution is 5.85. The molecule has 0 aromatic heterocycles. The summed E-state index contributed by atoms with van der Waals surface area (Å²) in [7, 11) is 0. The summed E-state index contributed by atoms with van der Waals surface area (Å²) in [5.41, 5.74) is -2.01. The van der Waals surface area contributed by atoms with Crippen molar-refractivity contribution in [2.24, 2.45) is 0 Å². The largest absolute Gasteiger partial charge is 0.480 e. The van der Waals surface area contributed by atoms with Crippen LogP contribution in [0.3, 0.4) is 0 Å². The van der Waals surface area contributed by atoms with Gasteiger partial charge < -0.3 is 19.3 Å². The summed E-state index contributed by atoms with van der Waals surface area (Å²) in [6.07, 6.45) is 1.76. The zero-order valence-corrected chi connectivity index (χ0v) is 14.3. The van der Waals surface area contributed by atoms with Crippen LogP contribution in [0.1, 0.15) is 53.4 Å². The quantitative estimate of drug-likeness (QED) is 0.855. The average Bonchev–Trinajstić information content (AvgIpc) is 2.76. The number of rotatable bonds is 3. The first kappa shape index (κ1) is 18.0. The van der Waals surface area contributed by atoms with Gasteiger partial charge in [-0.3, -0.25) is 4.90 Å². The summed E-state index contributed by atoms with van der Waals surface area (Å²) in [6, 6.07) is 0. The van der Waals surface area contributed by atoms with Gasteiger partial charge in [0.2, 0.25) is 0 Å². The predicted octanol–water partition coefficient (Wildman–Crippen LogP) is 2.38. The van der Waals surface area contributed by atoms with Gasteiger partial charge >= 0.3 is 12.1 Å². The van der Waals surface area contributed by atoms with Gasteiger partial charge in [-0.2, -0.15) is 0 Å². The first-order valence-electron chi connectivity index (χ1n) is 8.13. The van der Waals surface area contributed by atoms with E-state index in [0.29, 0.717) is 6.61 Å². The van der Waals surface area contributed by atoms with E-state index in [1.165, 1.54) is 11.8 Å². The Hall–Kier alpha value is -1.34. The van der Waals surface area contributed by atoms with Crippen molar-refractivity contribution < 1.29 is 28.9 Å². The molecule has 0 bridgehead atoms. The Morgan fingerprint density at radius 3 is 2.52 bits per heavy atom. The van der Waals surface area contributed by atoms with Crippen LogP contribution in [0.25, 0.3) is 0 Å². The maximum atomic E-state index is 12.4. The molecule has 1 unspecified atom stereocenters. The molecule has 0 aliphatic carbocycles. The molecule has 2 aliphatic heterocycles. The van der Waals surface area contributed by atoms with E-state index in [9.17, 15) is 14.7 Å². The van der Waals surface area contributed by atoms with Gasteiger partial charge in [-0.25, -0.2) is 9.59 Å². The number of amides is 1. The number of carboxylic acid groups (broad SMARTS) is 1. The van der Waals surface area contributed by atoms with Crippen LogP contribution in [0.5, 0.6) is 0 Å². The second-order valence-electron chi connectivity index (χ2n) is 7.43. The highest BCUT2D eigenvalue weighted by Gasteiger charge is 2.52. The molecule has 132 valence electrons. The van der Waals surface area contributed by atoms with Gasteiger partial charge in [0.1, 0.15) is 11.1 Å². The van der Waals surface area contributed by atoms with Crippen LogP contribution < -0.4 is 0 Å². The number of nitrogens with zero attached hydrogens (tertiary/aromatic N) is 1. The first-order valence-corrected chi connectivity index (χ1v) is 8.13. The van der Waals surface area contributed by atoms with Gasteiger partial charge in [0.25, 0.3) is 0 Å². The molecule has 2 heterocycles. The van der Waals surface area contributed by atoms with Crippen LogP contribution >= 0.6 is 0 Å². The number of ether oxygens (including phenoxy) is 3. The van der Waals surface area contributed by atoms with Gasteiger partial charge in [-0.1, -0.05) is 0 Å². The Morgan fingerprint density at radius 1 is 1.30 bits per heavy atom. The zero-order valence-electron chi connectivity index (χ0n) is 14.3. The Morgan fingerprint density at radius 2 is 2.00 bits per heavy atom. The SMILES string of the molecule is CC(C)(C)OC(=O)N1C[C@@H](OC2CCCCO2)C[C@@]1(C)C(=O)O. The molecule has 2 fully saturated rings. The summed E-state index contributed by atoms with van der Waals surface area (Å²) >= 11 is 0. The van der Waals surface area contributed by atoms with E-state index >= 15 is 0 Å². The minimum Gasteiger partial charge on any atom is -0.480 e. The highest BCUT2D eigenvalue weighted by atomic mass is 16.7. The van der Waals surface area contributed by atoms with Gasteiger partial charge in [0.05, 0.1) is 12.6 Å². The fourth-order valence-electron chi connectivity index (χ4n) is 2.94. The van der Waals surface area contributed by atoms with Crippen LogP contribution in [-0.4, -0.2) is 58.8 Å². The number of carboxylic acids is 1. The second kappa shape index (κ2) is 6.65. The molecule has 3 atom stereocenters. The highest BCUT2D eigenvalue weighted by Crippen LogP contribution is 2.34. The summed E-state index contributed by atoms with van der Waals surface area (Å²) < 4.78 is 16.8. The van der Waals surface area contributed by atoms with Crippen molar-refractivity contribution in [3.63, 3.8) is 0 Å². The Bertz CT molecular complexity index is 454. The minimum absolute atomic E-state index is 0.192. The van der Waals surface area contributed by atoms with E-state index < -0.39 is 23.2 Å². The van der Waals surface area contributed by atoms with Crippen LogP contribution in [0.2, 0.25) is 0 Å². The number of carbonyl (C=O) groups excluding carboxylic acids is 1. The van der Waals surface area contributed by atoms with Crippen molar-refractivity contribution in [1.29, 1.82) is 0 Å². The molecule has 1 N–H and O–H groups in total. The Kier molecular flexibility index (Phi) is 5.20. The van der Waals surface area contributed by atoms with Gasteiger partial charge in [0, 0.05) is 13.0 Å². The van der Waals surface area contributed by atoms with Crippen LogP contribution in [0.15, 0.2) is 0 Å². The third kappa shape index (κ3) is 4.35. The maximum Gasteiger partial charge on any atom is 0.411 e. The standard InChI is InChI=1S/C16H27NO6/c1-15(2,3)23-14(20)17-10-11(9-16(17,4)13(18)19)22-12-7-5-6-8-21-12/h11-12H,5-10H2,1-4H3,(H,18,19)/t11-,12?,16-/m0/s1. The number of aliphatic carboxylic acids is 1. The van der Waals surface area contributed by atoms with Crippen molar-refractivity contribution >= 4 is 12.1 Å². The summed E-state index contributed by atoms with van der Waals surface area (Å²) in [5, 5.41) is 9.58. The summed E-state index contributed by atoms with van der Waals surface area (Å²) in [5.74, 6) is -1.06. The van der Waals surface area contributed by atoms with Crippen molar-refractivity contribution in [3.05, 3.63) is 0 Å². The zero-order chi connectivity index (χ0) is 17.3. The average molecular weight is 329 g/mol. The molecule has 0 radical (unpaired) electrons. The van der Waals surface area contributed by atoms with E-state index in [1.807, 2.05) is 0 Å². The second-order valence-corrected chi connectivity index (χ2v) is 7.43. The van der Waals surface area contributed by atoms with E-state index in [1.54, 1.807) is 20.8 Å². The van der Waals surface area contributed by atoms with Crippen molar-refractivity contribution in [1.82, 2.24) is 4.90 Å². The van der Waals surface area contributed by atoms with Crippen LogP contribution in [0, 0.1) is 0 Å². The molecule has 0 spiro atoms. The molecular formula is C16H27NO6. The number of likely N-dealkylation sites (tertiary alicyclic amines) is 1. The molecule has 23 heavy (non-hydrogen) atoms. The van der Waals surface area contributed by atoms with Gasteiger partial charge in [-0.05, 0) is 47.0 Å². The fraction of sp³-hybridized carbons (Fsp3) is 0.875. The normalized spacial score (nSPS) is 31.9. The van der Waals surface area contributed by atoms with Crippen molar-refractivity contribution in [2.45, 2.75) is 76.9 Å². The molecule has 2 saturated heterocycles. The molecule has 0 saturated carbocycles. The summed E-state index contributed by atoms with van der Waals surface area (Å²) in [4.78, 5) is 25.3. The molecular weight excluding hydrogens is 302 g/mol. The number of carbonyl (C=O) groups is 2. The van der Waals surface area contributed by atoms with E-state index in [0.717, 1.165) is 19.3 Å². The monoisotopic (exact) mass is 329 g/mol. The fourth-order valence-corrected chi connectivity index (χ4v) is 2.94. The van der Waals surface area contributed by atoms with E-state index in [4.69, 9.17) is 14.2 Å². The lowest BCUT2D eigenvalue weighted by atomic mass is 9.98. The molecule has 1 amide bonds. The third-order valence-corrected chi connectivity index (χ3v) is 4.16. The first-order chi connectivity index (χ1) is 10.6. The maximum absolute atomic E-state index is 12.4. The molecule has 7 nitrogen and oxygen atoms in total. The number of hydrogen-bond acceptors (Lipinski definition) is 5. The van der Waals surface area contributed by atoms with Crippen LogP contribution in [0.4, 0.5) is 4.79 Å². The van der Waals surface area contributed by atoms with E-state index in [-0.39, 0.29) is 25.4 Å². The minimum atomic E-state index is -1.33. The van der Waals surface area contributed by atoms with Crippen molar-refractivity contribution in [3.8, 4) is 0 Å². The lowest BCUT2D eigenvalue weighted by Gasteiger charge is -2.32. The Balaban J connectivity index is 2.06. The topological polar surface area (TPSA) is 85.3 Å². The van der Waals surface area contributed by atoms with Crippen molar-refractivity contribution in [2.75, 3.05) is 13.2 Å². The lowest BCUT2D eigenvalue weighted by molar-refractivity contribution is -0.185. The lowest BCUT2D eigenvalue weighted by Crippen LogP contribution is -2.52.